The molecular formula is C30H47N3. The number of hydrogen-bond donors (Lipinski definition) is 0. The molecule has 0 N–H and O–H groups in total. The van der Waals surface area contributed by atoms with Crippen molar-refractivity contribution in [2.75, 3.05) is 36.2 Å². The fourth-order valence-electron chi connectivity index (χ4n) is 3.22. The number of benzene rings is 3. The van der Waals surface area contributed by atoms with E-state index in [0.29, 0.717) is 0 Å². The predicted molar refractivity (Wildman–Crippen MR) is 151 cm³/mol. The van der Waals surface area contributed by atoms with Gasteiger partial charge in [-0.15, -0.1) is 0 Å². The Hall–Kier alpha value is -2.78. The Morgan fingerprint density at radius 1 is 0.455 bits per heavy atom. The molecule has 3 aromatic carbocycles. The lowest BCUT2D eigenvalue weighted by atomic mass is 10.2. The fraction of sp³-hybridized carbons (Fsp3) is 0.400. The van der Waals surface area contributed by atoms with Crippen LogP contribution in [0.3, 0.4) is 0 Å². The standard InChI is InChI=1S/C24H29N3.3C2H6/c1-3-25(20-26(4-2)22-14-8-5-9-15-22)21-27(23-16-10-6-11-17-23)24-18-12-7-13-19-24;3*1-2/h5-19H,3-4,20-21H2,1-2H3;3*1-2H3. The lowest BCUT2D eigenvalue weighted by molar-refractivity contribution is 0.294. The highest BCUT2D eigenvalue weighted by molar-refractivity contribution is 5.62. The van der Waals surface area contributed by atoms with Crippen LogP contribution in [0.2, 0.25) is 0 Å². The molecule has 3 heteroatoms. The van der Waals surface area contributed by atoms with Gasteiger partial charge in [0.25, 0.3) is 0 Å². The van der Waals surface area contributed by atoms with Crippen molar-refractivity contribution >= 4 is 17.1 Å². The molecule has 0 aliphatic heterocycles. The van der Waals surface area contributed by atoms with E-state index in [-0.39, 0.29) is 0 Å². The molecule has 0 radical (unpaired) electrons. The Morgan fingerprint density at radius 3 is 1.15 bits per heavy atom. The van der Waals surface area contributed by atoms with Crippen LogP contribution in [0.25, 0.3) is 0 Å². The maximum Gasteiger partial charge on any atom is 0.0770 e. The minimum atomic E-state index is 0.841. The van der Waals surface area contributed by atoms with Crippen LogP contribution in [0.1, 0.15) is 55.4 Å². The first-order valence-electron chi connectivity index (χ1n) is 12.7. The summed E-state index contributed by atoms with van der Waals surface area (Å²) in [6.07, 6.45) is 0. The van der Waals surface area contributed by atoms with Crippen LogP contribution in [0.4, 0.5) is 17.1 Å². The summed E-state index contributed by atoms with van der Waals surface area (Å²) in [5, 5.41) is 0. The van der Waals surface area contributed by atoms with Gasteiger partial charge in [-0.05, 0) is 49.9 Å². The summed E-state index contributed by atoms with van der Waals surface area (Å²) < 4.78 is 0. The molecule has 182 valence electrons. The Kier molecular flexibility index (Phi) is 18.2. The molecular weight excluding hydrogens is 402 g/mol. The zero-order valence-corrected chi connectivity index (χ0v) is 22.3. The van der Waals surface area contributed by atoms with Crippen LogP contribution in [-0.2, 0) is 0 Å². The molecule has 0 fully saturated rings. The number of anilines is 3. The maximum atomic E-state index is 2.47. The van der Waals surface area contributed by atoms with Crippen LogP contribution in [0, 0.1) is 0 Å². The summed E-state index contributed by atoms with van der Waals surface area (Å²) in [6.45, 7) is 20.2. The van der Waals surface area contributed by atoms with Crippen molar-refractivity contribution in [2.45, 2.75) is 55.4 Å². The lowest BCUT2D eigenvalue weighted by Crippen LogP contribution is -2.43. The van der Waals surface area contributed by atoms with Gasteiger partial charge < -0.3 is 9.80 Å². The lowest BCUT2D eigenvalue weighted by Gasteiger charge is -2.35. The van der Waals surface area contributed by atoms with Crippen LogP contribution < -0.4 is 9.80 Å². The van der Waals surface area contributed by atoms with Gasteiger partial charge in [-0.2, -0.15) is 0 Å². The number of rotatable bonds is 9. The molecule has 0 saturated carbocycles. The van der Waals surface area contributed by atoms with Gasteiger partial charge in [0.15, 0.2) is 0 Å². The fourth-order valence-corrected chi connectivity index (χ4v) is 3.22. The highest BCUT2D eigenvalue weighted by Gasteiger charge is 2.15. The van der Waals surface area contributed by atoms with Gasteiger partial charge in [-0.3, -0.25) is 4.90 Å². The highest BCUT2D eigenvalue weighted by Crippen LogP contribution is 2.25. The van der Waals surface area contributed by atoms with Crippen LogP contribution in [0.15, 0.2) is 91.0 Å². The molecule has 0 unspecified atom stereocenters. The topological polar surface area (TPSA) is 9.72 Å². The zero-order valence-electron chi connectivity index (χ0n) is 22.3. The molecule has 0 aromatic heterocycles. The molecule has 3 rings (SSSR count). The summed E-state index contributed by atoms with van der Waals surface area (Å²) in [5.41, 5.74) is 3.69. The summed E-state index contributed by atoms with van der Waals surface area (Å²) in [7, 11) is 0. The molecule has 3 aromatic rings. The van der Waals surface area contributed by atoms with E-state index in [1.165, 1.54) is 17.1 Å². The molecule has 0 saturated heterocycles. The van der Waals surface area contributed by atoms with Gasteiger partial charge in [-0.25, -0.2) is 0 Å². The van der Waals surface area contributed by atoms with E-state index >= 15 is 0 Å². The first-order chi connectivity index (χ1) is 16.3. The molecule has 33 heavy (non-hydrogen) atoms. The van der Waals surface area contributed by atoms with Gasteiger partial charge in [0.2, 0.25) is 0 Å². The van der Waals surface area contributed by atoms with Crippen molar-refractivity contribution in [3.63, 3.8) is 0 Å². The van der Waals surface area contributed by atoms with Crippen molar-refractivity contribution in [2.24, 2.45) is 0 Å². The van der Waals surface area contributed by atoms with E-state index in [4.69, 9.17) is 0 Å². The van der Waals surface area contributed by atoms with Crippen molar-refractivity contribution in [3.05, 3.63) is 91.0 Å². The average Bonchev–Trinajstić information content (AvgIpc) is 2.94. The van der Waals surface area contributed by atoms with E-state index in [1.54, 1.807) is 0 Å². The van der Waals surface area contributed by atoms with Gasteiger partial charge in [0.1, 0.15) is 0 Å². The second-order valence-corrected chi connectivity index (χ2v) is 6.56. The minimum Gasteiger partial charge on any atom is -0.359 e. The second kappa shape index (κ2) is 19.9. The zero-order chi connectivity index (χ0) is 24.9. The van der Waals surface area contributed by atoms with Crippen LogP contribution >= 0.6 is 0 Å². The average molecular weight is 450 g/mol. The van der Waals surface area contributed by atoms with Gasteiger partial charge in [0.05, 0.1) is 13.3 Å². The number of nitrogens with zero attached hydrogens (tertiary/aromatic N) is 3. The monoisotopic (exact) mass is 449 g/mol. The van der Waals surface area contributed by atoms with E-state index in [1.807, 2.05) is 41.5 Å². The summed E-state index contributed by atoms with van der Waals surface area (Å²) in [6, 6.07) is 31.9. The normalized spacial score (nSPS) is 9.36. The van der Waals surface area contributed by atoms with E-state index in [2.05, 4.69) is 120 Å². The third-order valence-corrected chi connectivity index (χ3v) is 4.80. The second-order valence-electron chi connectivity index (χ2n) is 6.56. The third-order valence-electron chi connectivity index (χ3n) is 4.80. The largest absolute Gasteiger partial charge is 0.359 e. The van der Waals surface area contributed by atoms with Crippen LogP contribution in [0.5, 0.6) is 0 Å². The van der Waals surface area contributed by atoms with Gasteiger partial charge >= 0.3 is 0 Å². The summed E-state index contributed by atoms with van der Waals surface area (Å²) in [5.74, 6) is 0. The van der Waals surface area contributed by atoms with Crippen molar-refractivity contribution in [1.29, 1.82) is 0 Å². The van der Waals surface area contributed by atoms with E-state index in [0.717, 1.165) is 26.4 Å². The number of hydrogen-bond acceptors (Lipinski definition) is 3. The summed E-state index contributed by atoms with van der Waals surface area (Å²) in [4.78, 5) is 7.26. The van der Waals surface area contributed by atoms with Crippen molar-refractivity contribution < 1.29 is 0 Å². The quantitative estimate of drug-likeness (QED) is 0.303. The molecule has 0 aliphatic carbocycles. The Labute approximate surface area is 204 Å². The van der Waals surface area contributed by atoms with Crippen molar-refractivity contribution in [1.82, 2.24) is 4.90 Å². The SMILES string of the molecule is CC.CC.CC.CCN(CN(CC)c1ccccc1)CN(c1ccccc1)c1ccccc1. The Morgan fingerprint density at radius 2 is 0.818 bits per heavy atom. The predicted octanol–water partition coefficient (Wildman–Crippen LogP) is 8.67. The Bertz CT molecular complexity index is 736. The molecule has 3 nitrogen and oxygen atoms in total. The van der Waals surface area contributed by atoms with Gasteiger partial charge in [0, 0.05) is 23.6 Å². The molecule has 0 amide bonds. The molecule has 0 atom stereocenters. The van der Waals surface area contributed by atoms with E-state index in [9.17, 15) is 0 Å². The molecule has 0 bridgehead atoms. The van der Waals surface area contributed by atoms with E-state index < -0.39 is 0 Å². The van der Waals surface area contributed by atoms with Crippen molar-refractivity contribution in [3.8, 4) is 0 Å². The first-order valence-corrected chi connectivity index (χ1v) is 12.7. The molecule has 0 spiro atoms. The highest BCUT2D eigenvalue weighted by atomic mass is 15.4. The summed E-state index contributed by atoms with van der Waals surface area (Å²) >= 11 is 0. The third kappa shape index (κ3) is 10.6. The molecule has 0 aliphatic rings. The Balaban J connectivity index is 0.00000158. The molecule has 0 heterocycles. The van der Waals surface area contributed by atoms with Crippen LogP contribution in [-0.4, -0.2) is 31.3 Å². The number of para-hydroxylation sites is 3. The van der Waals surface area contributed by atoms with Gasteiger partial charge in [-0.1, -0.05) is 103 Å². The maximum absolute atomic E-state index is 2.47. The first kappa shape index (κ1) is 30.2. The smallest absolute Gasteiger partial charge is 0.0770 e. The minimum absolute atomic E-state index is 0.841.